The Bertz CT molecular complexity index is 655. The van der Waals surface area contributed by atoms with Gasteiger partial charge in [0.15, 0.2) is 0 Å². The standard InChI is InChI=1S/C15H12N2OS/c18-15(14-4-3-11-19-14)16-12-5-7-13(8-6-12)17-9-1-2-10-17/h1-11H,(H,16,18). The fourth-order valence-electron chi connectivity index (χ4n) is 1.82. The first kappa shape index (κ1) is 11.7. The lowest BCUT2D eigenvalue weighted by Gasteiger charge is -2.06. The molecule has 0 bridgehead atoms. The van der Waals surface area contributed by atoms with Crippen LogP contribution in [-0.4, -0.2) is 10.5 Å². The molecule has 0 aliphatic rings. The molecule has 3 rings (SSSR count). The number of amides is 1. The van der Waals surface area contributed by atoms with Crippen LogP contribution in [0.15, 0.2) is 66.3 Å². The van der Waals surface area contributed by atoms with Gasteiger partial charge in [-0.15, -0.1) is 11.3 Å². The smallest absolute Gasteiger partial charge is 0.265 e. The Kier molecular flexibility index (Phi) is 3.16. The van der Waals surface area contributed by atoms with Crippen molar-refractivity contribution in [2.24, 2.45) is 0 Å². The minimum atomic E-state index is -0.0660. The number of nitrogens with one attached hydrogen (secondary N) is 1. The minimum absolute atomic E-state index is 0.0660. The first-order chi connectivity index (χ1) is 9.33. The molecule has 94 valence electrons. The van der Waals surface area contributed by atoms with E-state index in [4.69, 9.17) is 0 Å². The van der Waals surface area contributed by atoms with Crippen LogP contribution in [0.2, 0.25) is 0 Å². The Balaban J connectivity index is 1.75. The van der Waals surface area contributed by atoms with E-state index in [0.717, 1.165) is 16.3 Å². The Morgan fingerprint density at radius 3 is 2.37 bits per heavy atom. The van der Waals surface area contributed by atoms with Crippen LogP contribution in [0.4, 0.5) is 5.69 Å². The summed E-state index contributed by atoms with van der Waals surface area (Å²) >= 11 is 1.44. The molecule has 0 unspecified atom stereocenters. The van der Waals surface area contributed by atoms with E-state index in [1.807, 2.05) is 70.9 Å². The molecule has 3 nitrogen and oxygen atoms in total. The van der Waals surface area contributed by atoms with Gasteiger partial charge in [-0.3, -0.25) is 4.79 Å². The molecule has 3 aromatic rings. The molecule has 0 saturated heterocycles. The average molecular weight is 268 g/mol. The molecule has 0 spiro atoms. The van der Waals surface area contributed by atoms with Crippen molar-refractivity contribution in [1.29, 1.82) is 0 Å². The van der Waals surface area contributed by atoms with Crippen LogP contribution in [0.25, 0.3) is 5.69 Å². The fraction of sp³-hybridized carbons (Fsp3) is 0. The van der Waals surface area contributed by atoms with E-state index >= 15 is 0 Å². The highest BCUT2D eigenvalue weighted by atomic mass is 32.1. The maximum Gasteiger partial charge on any atom is 0.265 e. The first-order valence-corrected chi connectivity index (χ1v) is 6.79. The maximum absolute atomic E-state index is 11.9. The normalized spacial score (nSPS) is 10.3. The summed E-state index contributed by atoms with van der Waals surface area (Å²) in [6.45, 7) is 0. The molecule has 0 saturated carbocycles. The average Bonchev–Trinajstić information content (AvgIpc) is 3.13. The Morgan fingerprint density at radius 1 is 1.00 bits per heavy atom. The molecule has 0 radical (unpaired) electrons. The van der Waals surface area contributed by atoms with Gasteiger partial charge < -0.3 is 9.88 Å². The van der Waals surface area contributed by atoms with Crippen molar-refractivity contribution >= 4 is 22.9 Å². The highest BCUT2D eigenvalue weighted by Gasteiger charge is 2.06. The van der Waals surface area contributed by atoms with Gasteiger partial charge in [-0.05, 0) is 47.8 Å². The number of aromatic nitrogens is 1. The minimum Gasteiger partial charge on any atom is -0.324 e. The van der Waals surface area contributed by atoms with Gasteiger partial charge in [0.2, 0.25) is 0 Å². The topological polar surface area (TPSA) is 34.0 Å². The van der Waals surface area contributed by atoms with E-state index in [0.29, 0.717) is 0 Å². The van der Waals surface area contributed by atoms with Crippen molar-refractivity contribution in [3.63, 3.8) is 0 Å². The second-order valence-electron chi connectivity index (χ2n) is 4.07. The largest absolute Gasteiger partial charge is 0.324 e. The highest BCUT2D eigenvalue weighted by Crippen LogP contribution is 2.16. The number of nitrogens with zero attached hydrogens (tertiary/aromatic N) is 1. The third-order valence-electron chi connectivity index (χ3n) is 2.77. The van der Waals surface area contributed by atoms with Crippen LogP contribution < -0.4 is 5.32 Å². The van der Waals surface area contributed by atoms with E-state index < -0.39 is 0 Å². The molecule has 0 atom stereocenters. The SMILES string of the molecule is O=C(Nc1ccc(-n2cccc2)cc1)c1cccs1. The third kappa shape index (κ3) is 2.58. The third-order valence-corrected chi connectivity index (χ3v) is 3.64. The molecule has 1 aromatic carbocycles. The number of hydrogen-bond donors (Lipinski definition) is 1. The summed E-state index contributed by atoms with van der Waals surface area (Å²) in [6.07, 6.45) is 3.97. The van der Waals surface area contributed by atoms with Gasteiger partial charge in [0.1, 0.15) is 0 Å². The molecule has 1 N–H and O–H groups in total. The lowest BCUT2D eigenvalue weighted by molar-refractivity contribution is 0.103. The van der Waals surface area contributed by atoms with E-state index in [9.17, 15) is 4.79 Å². The van der Waals surface area contributed by atoms with E-state index in [-0.39, 0.29) is 5.91 Å². The van der Waals surface area contributed by atoms with Crippen LogP contribution in [0, 0.1) is 0 Å². The molecule has 0 aliphatic heterocycles. The van der Waals surface area contributed by atoms with Crippen molar-refractivity contribution in [2.75, 3.05) is 5.32 Å². The molecule has 4 heteroatoms. The maximum atomic E-state index is 11.9. The molecule has 0 fully saturated rings. The summed E-state index contributed by atoms with van der Waals surface area (Å²) in [5.74, 6) is -0.0660. The van der Waals surface area contributed by atoms with Crippen LogP contribution in [0.5, 0.6) is 0 Å². The van der Waals surface area contributed by atoms with Crippen molar-refractivity contribution in [2.45, 2.75) is 0 Å². The predicted molar refractivity (Wildman–Crippen MR) is 78.0 cm³/mol. The Labute approximate surface area is 115 Å². The van der Waals surface area contributed by atoms with Crippen LogP contribution in [0.1, 0.15) is 9.67 Å². The zero-order chi connectivity index (χ0) is 13.1. The van der Waals surface area contributed by atoms with Gasteiger partial charge in [0.25, 0.3) is 5.91 Å². The van der Waals surface area contributed by atoms with Crippen LogP contribution in [-0.2, 0) is 0 Å². The molecule has 2 aromatic heterocycles. The second-order valence-corrected chi connectivity index (χ2v) is 5.02. The monoisotopic (exact) mass is 268 g/mol. The summed E-state index contributed by atoms with van der Waals surface area (Å²) in [5.41, 5.74) is 1.87. The van der Waals surface area contributed by atoms with Crippen LogP contribution in [0.3, 0.4) is 0 Å². The van der Waals surface area contributed by atoms with Crippen molar-refractivity contribution in [1.82, 2.24) is 4.57 Å². The zero-order valence-electron chi connectivity index (χ0n) is 10.1. The zero-order valence-corrected chi connectivity index (χ0v) is 10.9. The molecule has 2 heterocycles. The quantitative estimate of drug-likeness (QED) is 0.770. The second kappa shape index (κ2) is 5.12. The van der Waals surface area contributed by atoms with Gasteiger partial charge in [-0.2, -0.15) is 0 Å². The van der Waals surface area contributed by atoms with Gasteiger partial charge in [0, 0.05) is 23.8 Å². The molecule has 1 amide bonds. The Morgan fingerprint density at radius 2 is 1.74 bits per heavy atom. The summed E-state index contributed by atoms with van der Waals surface area (Å²) in [6, 6.07) is 15.4. The number of hydrogen-bond acceptors (Lipinski definition) is 2. The van der Waals surface area contributed by atoms with Crippen molar-refractivity contribution in [3.8, 4) is 5.69 Å². The number of anilines is 1. The lowest BCUT2D eigenvalue weighted by Crippen LogP contribution is -2.09. The molecule has 0 aliphatic carbocycles. The van der Waals surface area contributed by atoms with E-state index in [1.165, 1.54) is 11.3 Å². The van der Waals surface area contributed by atoms with Gasteiger partial charge in [0.05, 0.1) is 4.88 Å². The molecule has 19 heavy (non-hydrogen) atoms. The Hall–Kier alpha value is -2.33. The van der Waals surface area contributed by atoms with E-state index in [1.54, 1.807) is 0 Å². The summed E-state index contributed by atoms with van der Waals surface area (Å²) in [7, 11) is 0. The number of rotatable bonds is 3. The molecular weight excluding hydrogens is 256 g/mol. The summed E-state index contributed by atoms with van der Waals surface area (Å²) in [5, 5.41) is 4.77. The van der Waals surface area contributed by atoms with E-state index in [2.05, 4.69) is 5.32 Å². The van der Waals surface area contributed by atoms with Gasteiger partial charge in [-0.1, -0.05) is 6.07 Å². The van der Waals surface area contributed by atoms with Gasteiger partial charge in [-0.25, -0.2) is 0 Å². The predicted octanol–water partition coefficient (Wildman–Crippen LogP) is 3.79. The fourth-order valence-corrected chi connectivity index (χ4v) is 2.44. The highest BCUT2D eigenvalue weighted by molar-refractivity contribution is 7.12. The summed E-state index contributed by atoms with van der Waals surface area (Å²) < 4.78 is 2.02. The lowest BCUT2D eigenvalue weighted by atomic mass is 10.2. The number of carbonyl (C=O) groups excluding carboxylic acids is 1. The number of thiophene rings is 1. The number of benzene rings is 1. The summed E-state index contributed by atoms with van der Waals surface area (Å²) in [4.78, 5) is 12.6. The van der Waals surface area contributed by atoms with Crippen molar-refractivity contribution in [3.05, 3.63) is 71.2 Å². The molecular formula is C15H12N2OS. The first-order valence-electron chi connectivity index (χ1n) is 5.91. The van der Waals surface area contributed by atoms with Crippen molar-refractivity contribution < 1.29 is 4.79 Å². The van der Waals surface area contributed by atoms with Crippen LogP contribution >= 0.6 is 11.3 Å². The number of carbonyl (C=O) groups is 1. The van der Waals surface area contributed by atoms with Gasteiger partial charge >= 0.3 is 0 Å².